The molecule has 8 heteroatoms. The summed E-state index contributed by atoms with van der Waals surface area (Å²) in [4.78, 5) is 21.9. The molecule has 0 bridgehead atoms. The van der Waals surface area contributed by atoms with Crippen molar-refractivity contribution in [3.63, 3.8) is 0 Å². The fraction of sp³-hybridized carbons (Fsp3) is 0.143. The van der Waals surface area contributed by atoms with Crippen molar-refractivity contribution in [2.45, 2.75) is 5.92 Å². The van der Waals surface area contributed by atoms with Crippen molar-refractivity contribution in [1.29, 1.82) is 0 Å². The van der Waals surface area contributed by atoms with E-state index in [2.05, 4.69) is 0 Å². The van der Waals surface area contributed by atoms with Gasteiger partial charge in [0.25, 0.3) is 11.4 Å². The molecule has 0 amide bonds. The standard InChI is InChI=1S/C21H18N2O6/c1-28-19-12-17(18(23(26)27)13-20(19)29-2)21(14-6-4-3-5-7-14)15-8-10-16(11-9-15)22(24)25/h3-13,21H,1-2H3. The Morgan fingerprint density at radius 2 is 1.31 bits per heavy atom. The van der Waals surface area contributed by atoms with Crippen LogP contribution < -0.4 is 9.47 Å². The third-order valence-electron chi connectivity index (χ3n) is 4.61. The number of benzene rings is 3. The summed E-state index contributed by atoms with van der Waals surface area (Å²) in [5, 5.41) is 22.8. The van der Waals surface area contributed by atoms with Crippen molar-refractivity contribution in [3.05, 3.63) is 104 Å². The van der Waals surface area contributed by atoms with E-state index in [4.69, 9.17) is 9.47 Å². The van der Waals surface area contributed by atoms with Gasteiger partial charge in [-0.25, -0.2) is 0 Å². The van der Waals surface area contributed by atoms with Gasteiger partial charge in [0.15, 0.2) is 11.5 Å². The summed E-state index contributed by atoms with van der Waals surface area (Å²) in [7, 11) is 2.86. The zero-order valence-corrected chi connectivity index (χ0v) is 15.8. The molecule has 0 saturated heterocycles. The van der Waals surface area contributed by atoms with Gasteiger partial charge in [0.1, 0.15) is 0 Å². The number of methoxy groups -OCH3 is 2. The predicted octanol–water partition coefficient (Wildman–Crippen LogP) is 4.70. The minimum absolute atomic E-state index is 0.0534. The van der Waals surface area contributed by atoms with E-state index < -0.39 is 15.8 Å². The van der Waals surface area contributed by atoms with Crippen molar-refractivity contribution < 1.29 is 19.3 Å². The van der Waals surface area contributed by atoms with Crippen LogP contribution in [0.2, 0.25) is 0 Å². The van der Waals surface area contributed by atoms with E-state index in [1.54, 1.807) is 18.2 Å². The maximum absolute atomic E-state index is 11.8. The Bertz CT molecular complexity index is 1040. The molecule has 3 aromatic carbocycles. The number of hydrogen-bond acceptors (Lipinski definition) is 6. The van der Waals surface area contributed by atoms with Crippen LogP contribution in [0.3, 0.4) is 0 Å². The van der Waals surface area contributed by atoms with E-state index in [1.165, 1.54) is 32.4 Å². The second-order valence-electron chi connectivity index (χ2n) is 6.22. The summed E-state index contributed by atoms with van der Waals surface area (Å²) in [6.07, 6.45) is 0. The number of ether oxygens (including phenoxy) is 2. The number of non-ortho nitro benzene ring substituents is 1. The lowest BCUT2D eigenvalue weighted by molar-refractivity contribution is -0.385. The highest BCUT2D eigenvalue weighted by Crippen LogP contribution is 2.43. The molecule has 0 radical (unpaired) electrons. The van der Waals surface area contributed by atoms with Crippen molar-refractivity contribution >= 4 is 11.4 Å². The van der Waals surface area contributed by atoms with Crippen LogP contribution in [0.5, 0.6) is 11.5 Å². The number of hydrogen-bond donors (Lipinski definition) is 0. The SMILES string of the molecule is COc1cc(C(c2ccccc2)c2ccc([N+](=O)[O-])cc2)c([N+](=O)[O-])cc1OC. The quantitative estimate of drug-likeness (QED) is 0.327. The molecular formula is C21H18N2O6. The van der Waals surface area contributed by atoms with E-state index >= 15 is 0 Å². The normalized spacial score (nSPS) is 11.5. The van der Waals surface area contributed by atoms with Crippen LogP contribution in [0.15, 0.2) is 66.7 Å². The van der Waals surface area contributed by atoms with E-state index in [1.807, 2.05) is 30.3 Å². The van der Waals surface area contributed by atoms with Gasteiger partial charge in [-0.2, -0.15) is 0 Å². The Morgan fingerprint density at radius 3 is 1.83 bits per heavy atom. The van der Waals surface area contributed by atoms with Gasteiger partial charge in [0.05, 0.1) is 30.1 Å². The highest BCUT2D eigenvalue weighted by molar-refractivity contribution is 5.60. The lowest BCUT2D eigenvalue weighted by atomic mass is 9.84. The molecule has 0 aromatic heterocycles. The molecule has 0 saturated carbocycles. The zero-order chi connectivity index (χ0) is 21.0. The van der Waals surface area contributed by atoms with Crippen LogP contribution in [-0.2, 0) is 0 Å². The van der Waals surface area contributed by atoms with E-state index in [9.17, 15) is 20.2 Å². The minimum Gasteiger partial charge on any atom is -0.493 e. The monoisotopic (exact) mass is 394 g/mol. The Labute approximate surface area is 166 Å². The molecule has 0 fully saturated rings. The number of nitro benzene ring substituents is 2. The Balaban J connectivity index is 2.27. The summed E-state index contributed by atoms with van der Waals surface area (Å²) in [6, 6.07) is 18.1. The molecular weight excluding hydrogens is 376 g/mol. The summed E-state index contributed by atoms with van der Waals surface area (Å²) >= 11 is 0. The minimum atomic E-state index is -0.530. The average molecular weight is 394 g/mol. The van der Waals surface area contributed by atoms with Crippen molar-refractivity contribution in [2.75, 3.05) is 14.2 Å². The number of nitrogens with zero attached hydrogens (tertiary/aromatic N) is 2. The Kier molecular flexibility index (Phi) is 5.73. The smallest absolute Gasteiger partial charge is 0.277 e. The third kappa shape index (κ3) is 4.01. The van der Waals surface area contributed by atoms with Crippen LogP contribution in [0.25, 0.3) is 0 Å². The van der Waals surface area contributed by atoms with Gasteiger partial charge < -0.3 is 9.47 Å². The molecule has 1 atom stereocenters. The fourth-order valence-electron chi connectivity index (χ4n) is 3.26. The van der Waals surface area contributed by atoms with E-state index in [-0.39, 0.29) is 17.1 Å². The Hall–Kier alpha value is -3.94. The highest BCUT2D eigenvalue weighted by Gasteiger charge is 2.28. The Morgan fingerprint density at radius 1 is 0.759 bits per heavy atom. The second-order valence-corrected chi connectivity index (χ2v) is 6.22. The lowest BCUT2D eigenvalue weighted by Crippen LogP contribution is -2.08. The van der Waals surface area contributed by atoms with Crippen LogP contribution in [0.4, 0.5) is 11.4 Å². The first-order chi connectivity index (χ1) is 14.0. The van der Waals surface area contributed by atoms with Gasteiger partial charge in [0.2, 0.25) is 0 Å². The molecule has 148 valence electrons. The predicted molar refractivity (Wildman–Crippen MR) is 107 cm³/mol. The van der Waals surface area contributed by atoms with Crippen LogP contribution in [-0.4, -0.2) is 24.1 Å². The van der Waals surface area contributed by atoms with Gasteiger partial charge in [-0.15, -0.1) is 0 Å². The van der Waals surface area contributed by atoms with Crippen LogP contribution in [0.1, 0.15) is 22.6 Å². The summed E-state index contributed by atoms with van der Waals surface area (Å²) in [5.41, 5.74) is 1.69. The molecule has 0 aliphatic rings. The zero-order valence-electron chi connectivity index (χ0n) is 15.8. The largest absolute Gasteiger partial charge is 0.493 e. The lowest BCUT2D eigenvalue weighted by Gasteiger charge is -2.20. The molecule has 3 aromatic rings. The average Bonchev–Trinajstić information content (AvgIpc) is 2.74. The molecule has 0 spiro atoms. The summed E-state index contributed by atoms with van der Waals surface area (Å²) in [5.74, 6) is 0.0756. The molecule has 0 heterocycles. The van der Waals surface area contributed by atoms with Crippen molar-refractivity contribution in [3.8, 4) is 11.5 Å². The van der Waals surface area contributed by atoms with Crippen molar-refractivity contribution in [1.82, 2.24) is 0 Å². The molecule has 8 nitrogen and oxygen atoms in total. The van der Waals surface area contributed by atoms with E-state index in [0.717, 1.165) is 5.56 Å². The maximum Gasteiger partial charge on any atom is 0.277 e. The molecule has 29 heavy (non-hydrogen) atoms. The maximum atomic E-state index is 11.8. The molecule has 0 aliphatic heterocycles. The van der Waals surface area contributed by atoms with Gasteiger partial charge in [-0.05, 0) is 17.2 Å². The summed E-state index contributed by atoms with van der Waals surface area (Å²) in [6.45, 7) is 0. The number of rotatable bonds is 7. The molecule has 1 unspecified atom stereocenters. The second kappa shape index (κ2) is 8.39. The van der Waals surface area contributed by atoms with Crippen molar-refractivity contribution in [2.24, 2.45) is 0 Å². The topological polar surface area (TPSA) is 105 Å². The molecule has 0 N–H and O–H groups in total. The van der Waals surface area contributed by atoms with Gasteiger partial charge >= 0.3 is 0 Å². The first-order valence-electron chi connectivity index (χ1n) is 8.66. The molecule has 3 rings (SSSR count). The molecule has 0 aliphatic carbocycles. The first-order valence-corrected chi connectivity index (χ1v) is 8.66. The van der Waals surface area contributed by atoms with Crippen LogP contribution in [0, 0.1) is 20.2 Å². The van der Waals surface area contributed by atoms with Crippen LogP contribution >= 0.6 is 0 Å². The number of nitro groups is 2. The van der Waals surface area contributed by atoms with Gasteiger partial charge in [-0.1, -0.05) is 42.5 Å². The van der Waals surface area contributed by atoms with Gasteiger partial charge in [0, 0.05) is 23.6 Å². The van der Waals surface area contributed by atoms with E-state index in [0.29, 0.717) is 16.9 Å². The first kappa shape index (κ1) is 19.8. The fourth-order valence-corrected chi connectivity index (χ4v) is 3.26. The highest BCUT2D eigenvalue weighted by atomic mass is 16.6. The third-order valence-corrected chi connectivity index (χ3v) is 4.61. The summed E-state index contributed by atoms with van der Waals surface area (Å²) < 4.78 is 10.6. The van der Waals surface area contributed by atoms with Gasteiger partial charge in [-0.3, -0.25) is 20.2 Å².